The second kappa shape index (κ2) is 54.2. The molecule has 0 rings (SSSR count). The van der Waals surface area contributed by atoms with Crippen molar-refractivity contribution in [2.45, 2.75) is 264 Å². The maximum atomic E-state index is 12.8. The molecule has 6 nitrogen and oxygen atoms in total. The van der Waals surface area contributed by atoms with Crippen molar-refractivity contribution in [2.75, 3.05) is 13.2 Å². The molecule has 0 spiro atoms. The smallest absolute Gasteiger partial charge is 0.306 e. The third kappa shape index (κ3) is 51.6. The normalized spacial score (nSPS) is 12.7. The van der Waals surface area contributed by atoms with Crippen LogP contribution < -0.4 is 0 Å². The first-order valence-corrected chi connectivity index (χ1v) is 27.7. The van der Waals surface area contributed by atoms with Crippen molar-refractivity contribution >= 4 is 17.9 Å². The van der Waals surface area contributed by atoms with Crippen LogP contribution in [-0.2, 0) is 28.6 Å². The summed E-state index contributed by atoms with van der Waals surface area (Å²) in [6.45, 7) is 6.45. The molecule has 0 heterocycles. The number of rotatable bonds is 49. The molecule has 1 atom stereocenters. The second-order valence-electron chi connectivity index (χ2n) is 18.3. The second-order valence-corrected chi connectivity index (χ2v) is 18.3. The van der Waals surface area contributed by atoms with Gasteiger partial charge in [0, 0.05) is 19.3 Å². The van der Waals surface area contributed by atoms with Crippen LogP contribution in [0.1, 0.15) is 258 Å². The largest absolute Gasteiger partial charge is 0.462 e. The van der Waals surface area contributed by atoms with Gasteiger partial charge in [-0.05, 0) is 64.2 Å². The summed E-state index contributed by atoms with van der Waals surface area (Å²) >= 11 is 0. The van der Waals surface area contributed by atoms with E-state index < -0.39 is 6.10 Å². The lowest BCUT2D eigenvalue weighted by Crippen LogP contribution is -2.30. The molecule has 0 aliphatic rings. The van der Waals surface area contributed by atoms with E-state index in [9.17, 15) is 14.4 Å². The Morgan fingerprint density at radius 1 is 0.318 bits per heavy atom. The molecule has 0 aromatic heterocycles. The van der Waals surface area contributed by atoms with Crippen LogP contribution in [0, 0.1) is 0 Å². The Morgan fingerprint density at radius 3 is 0.985 bits per heavy atom. The number of esters is 3. The number of carbonyl (C=O) groups excluding carboxylic acids is 3. The molecule has 0 aromatic rings. The fourth-order valence-corrected chi connectivity index (χ4v) is 7.65. The van der Waals surface area contributed by atoms with Gasteiger partial charge in [0.15, 0.2) is 6.10 Å². The highest BCUT2D eigenvalue weighted by Gasteiger charge is 2.19. The lowest BCUT2D eigenvalue weighted by atomic mass is 10.0. The van der Waals surface area contributed by atoms with E-state index in [0.717, 1.165) is 83.5 Å². The van der Waals surface area contributed by atoms with Crippen LogP contribution in [0.25, 0.3) is 0 Å². The molecular formula is C60H102O6. The van der Waals surface area contributed by atoms with E-state index in [1.165, 1.54) is 135 Å². The lowest BCUT2D eigenvalue weighted by molar-refractivity contribution is -0.167. The van der Waals surface area contributed by atoms with Gasteiger partial charge in [0.05, 0.1) is 0 Å². The van der Waals surface area contributed by atoms with E-state index in [1.807, 2.05) is 60.8 Å². The molecular weight excluding hydrogens is 817 g/mol. The van der Waals surface area contributed by atoms with Gasteiger partial charge < -0.3 is 14.2 Å². The molecule has 1 unspecified atom stereocenters. The first-order chi connectivity index (χ1) is 32.5. The van der Waals surface area contributed by atoms with Crippen molar-refractivity contribution in [3.63, 3.8) is 0 Å². The predicted molar refractivity (Wildman–Crippen MR) is 284 cm³/mol. The highest BCUT2D eigenvalue weighted by Crippen LogP contribution is 2.16. The van der Waals surface area contributed by atoms with Crippen molar-refractivity contribution in [2.24, 2.45) is 0 Å². The standard InChI is InChI=1S/C60H102O6/c1-4-7-10-13-16-19-22-25-28-30-32-35-38-41-44-47-50-53-59(62)65-56-57(55-64-58(61)52-49-46-43-40-37-34-27-24-21-18-15-12-9-6-3)66-60(63)54-51-48-45-42-39-36-33-31-29-26-23-20-17-14-11-8-5-2/h7,10,13,16,19,22,25,28,30,32,34-35,37-38,57H,4-6,8-9,11-12,14-15,17-18,20-21,23-24,26-27,29,31,33,36,39-56H2,1-3H3/b10-7-,16-13-,22-19-,28-25-,32-30+,37-34-,38-35-. The molecule has 0 aliphatic carbocycles. The van der Waals surface area contributed by atoms with Crippen LogP contribution in [0.5, 0.6) is 0 Å². The number of unbranched alkanes of at least 4 members (excludes halogenated alkanes) is 29. The number of ether oxygens (including phenoxy) is 3. The van der Waals surface area contributed by atoms with E-state index in [0.29, 0.717) is 19.3 Å². The van der Waals surface area contributed by atoms with Crippen LogP contribution in [0.2, 0.25) is 0 Å². The molecule has 0 aliphatic heterocycles. The summed E-state index contributed by atoms with van der Waals surface area (Å²) in [4.78, 5) is 38.1. The highest BCUT2D eigenvalue weighted by molar-refractivity contribution is 5.71. The molecule has 0 saturated carbocycles. The van der Waals surface area contributed by atoms with Crippen LogP contribution in [0.3, 0.4) is 0 Å². The average molecular weight is 919 g/mol. The minimum atomic E-state index is -0.799. The van der Waals surface area contributed by atoms with Gasteiger partial charge in [-0.2, -0.15) is 0 Å². The van der Waals surface area contributed by atoms with Crippen molar-refractivity contribution in [1.82, 2.24) is 0 Å². The quantitative estimate of drug-likeness (QED) is 0.0199. The Morgan fingerprint density at radius 2 is 0.606 bits per heavy atom. The SMILES string of the molecule is CC\C=C/C=C\C=C/C=C\C=C\C=C/CCCCCC(=O)OCC(COC(=O)CCCCC/C=C\CCCCCCCCC)OC(=O)CCCCCCCCCCCCCCCCCCC. The van der Waals surface area contributed by atoms with E-state index in [1.54, 1.807) is 0 Å². The van der Waals surface area contributed by atoms with E-state index in [2.05, 4.69) is 45.1 Å². The molecule has 0 bridgehead atoms. The average Bonchev–Trinajstić information content (AvgIpc) is 3.31. The van der Waals surface area contributed by atoms with Gasteiger partial charge in [-0.25, -0.2) is 0 Å². The highest BCUT2D eigenvalue weighted by atomic mass is 16.6. The zero-order valence-electron chi connectivity index (χ0n) is 43.2. The summed E-state index contributed by atoms with van der Waals surface area (Å²) in [6, 6.07) is 0. The van der Waals surface area contributed by atoms with Gasteiger partial charge in [-0.1, -0.05) is 260 Å². The van der Waals surface area contributed by atoms with Gasteiger partial charge in [-0.15, -0.1) is 0 Å². The number of hydrogen-bond acceptors (Lipinski definition) is 6. The molecule has 378 valence electrons. The Balaban J connectivity index is 4.47. The fraction of sp³-hybridized carbons (Fsp3) is 0.717. The summed E-state index contributed by atoms with van der Waals surface area (Å²) in [5, 5.41) is 0. The molecule has 0 N–H and O–H groups in total. The summed E-state index contributed by atoms with van der Waals surface area (Å²) in [5.74, 6) is -0.950. The number of carbonyl (C=O) groups is 3. The fourth-order valence-electron chi connectivity index (χ4n) is 7.65. The Bertz CT molecular complexity index is 1290. The topological polar surface area (TPSA) is 78.9 Å². The van der Waals surface area contributed by atoms with Crippen LogP contribution in [0.4, 0.5) is 0 Å². The molecule has 0 fully saturated rings. The van der Waals surface area contributed by atoms with E-state index in [-0.39, 0.29) is 31.1 Å². The lowest BCUT2D eigenvalue weighted by Gasteiger charge is -2.18. The number of allylic oxidation sites excluding steroid dienone is 14. The van der Waals surface area contributed by atoms with Crippen LogP contribution in [-0.4, -0.2) is 37.2 Å². The molecule has 0 amide bonds. The molecule has 66 heavy (non-hydrogen) atoms. The van der Waals surface area contributed by atoms with Gasteiger partial charge >= 0.3 is 17.9 Å². The summed E-state index contributed by atoms with van der Waals surface area (Å²) < 4.78 is 16.8. The van der Waals surface area contributed by atoms with Gasteiger partial charge in [0.25, 0.3) is 0 Å². The minimum Gasteiger partial charge on any atom is -0.462 e. The monoisotopic (exact) mass is 919 g/mol. The zero-order chi connectivity index (χ0) is 47.9. The van der Waals surface area contributed by atoms with Gasteiger partial charge in [-0.3, -0.25) is 14.4 Å². The Labute approximate surface area is 407 Å². The third-order valence-corrected chi connectivity index (χ3v) is 11.8. The third-order valence-electron chi connectivity index (χ3n) is 11.8. The van der Waals surface area contributed by atoms with Crippen molar-refractivity contribution in [3.8, 4) is 0 Å². The van der Waals surface area contributed by atoms with E-state index in [4.69, 9.17) is 14.2 Å². The Hall–Kier alpha value is -3.41. The van der Waals surface area contributed by atoms with Crippen LogP contribution >= 0.6 is 0 Å². The Kier molecular flexibility index (Phi) is 51.4. The minimum absolute atomic E-state index is 0.0974. The van der Waals surface area contributed by atoms with Crippen molar-refractivity contribution in [3.05, 3.63) is 85.1 Å². The van der Waals surface area contributed by atoms with Crippen LogP contribution in [0.15, 0.2) is 85.1 Å². The zero-order valence-corrected chi connectivity index (χ0v) is 43.2. The van der Waals surface area contributed by atoms with E-state index >= 15 is 0 Å². The number of hydrogen-bond donors (Lipinski definition) is 0. The summed E-state index contributed by atoms with van der Waals surface area (Å²) in [7, 11) is 0. The maximum Gasteiger partial charge on any atom is 0.306 e. The molecule has 0 saturated heterocycles. The maximum absolute atomic E-state index is 12.8. The molecule has 0 aromatic carbocycles. The predicted octanol–water partition coefficient (Wildman–Crippen LogP) is 18.4. The first kappa shape index (κ1) is 62.6. The summed E-state index contributed by atoms with van der Waals surface area (Å²) in [6.07, 6.45) is 70.0. The molecule has 6 heteroatoms. The molecule has 0 radical (unpaired) electrons. The summed E-state index contributed by atoms with van der Waals surface area (Å²) in [5.41, 5.74) is 0. The van der Waals surface area contributed by atoms with Crippen molar-refractivity contribution < 1.29 is 28.6 Å². The van der Waals surface area contributed by atoms with Gasteiger partial charge in [0.2, 0.25) is 0 Å². The first-order valence-electron chi connectivity index (χ1n) is 27.7. The van der Waals surface area contributed by atoms with Gasteiger partial charge in [0.1, 0.15) is 13.2 Å². The van der Waals surface area contributed by atoms with Crippen molar-refractivity contribution in [1.29, 1.82) is 0 Å².